The quantitative estimate of drug-likeness (QED) is 0.555. The lowest BCUT2D eigenvalue weighted by molar-refractivity contribution is 0.112. The van der Waals surface area contributed by atoms with Crippen molar-refractivity contribution in [1.82, 2.24) is 4.98 Å². The molecule has 6 heteroatoms. The Kier molecular flexibility index (Phi) is 6.08. The Hall–Kier alpha value is -1.78. The second kappa shape index (κ2) is 7.86. The van der Waals surface area contributed by atoms with Crippen LogP contribution in [0.5, 0.6) is 0 Å². The zero-order valence-electron chi connectivity index (χ0n) is 13.9. The largest absolute Gasteiger partial charge is 0.352 e. The number of H-pyrrole nitrogens is 1. The van der Waals surface area contributed by atoms with Gasteiger partial charge in [-0.1, -0.05) is 53.8 Å². The van der Waals surface area contributed by atoms with Crippen LogP contribution in [0.4, 0.5) is 0 Å². The molecule has 3 N–H and O–H groups in total. The van der Waals surface area contributed by atoms with E-state index in [1.54, 1.807) is 7.11 Å². The number of aromatic nitrogens is 1. The fourth-order valence-corrected chi connectivity index (χ4v) is 5.76. The maximum atomic E-state index is 11.6. The molecule has 0 aliphatic heterocycles. The molecule has 3 rings (SSSR count). The molecule has 24 heavy (non-hydrogen) atoms. The van der Waals surface area contributed by atoms with Crippen molar-refractivity contribution in [2.24, 2.45) is 5.73 Å². The third kappa shape index (κ3) is 3.21. The molecule has 0 saturated carbocycles. The second-order valence-electron chi connectivity index (χ2n) is 5.12. The lowest BCUT2D eigenvalue weighted by Crippen LogP contribution is -2.19. The molecule has 0 radical (unpaired) electrons. The minimum absolute atomic E-state index is 0.509. The number of aldehydes is 1. The van der Waals surface area contributed by atoms with Crippen molar-refractivity contribution in [2.75, 3.05) is 14.2 Å². The number of hydrogen-bond acceptors (Lipinski definition) is 4. The van der Waals surface area contributed by atoms with E-state index in [9.17, 15) is 4.79 Å². The Morgan fingerprint density at radius 2 is 1.83 bits per heavy atom. The third-order valence-corrected chi connectivity index (χ3v) is 7.91. The van der Waals surface area contributed by atoms with E-state index in [0.717, 1.165) is 33.4 Å². The molecule has 0 saturated heterocycles. The summed E-state index contributed by atoms with van der Waals surface area (Å²) in [5, 5.41) is 2.72. The van der Waals surface area contributed by atoms with Gasteiger partial charge in [0.15, 0.2) is 6.29 Å². The number of fused-ring (bicyclic) bond motifs is 1. The van der Waals surface area contributed by atoms with Crippen molar-refractivity contribution >= 4 is 45.9 Å². The minimum atomic E-state index is -2.51. The molecule has 0 spiro atoms. The van der Waals surface area contributed by atoms with Gasteiger partial charge in [-0.15, -0.1) is 0 Å². The van der Waals surface area contributed by atoms with E-state index in [2.05, 4.69) is 16.8 Å². The Morgan fingerprint density at radius 1 is 1.17 bits per heavy atom. The zero-order valence-corrected chi connectivity index (χ0v) is 15.7. The SMILES string of the molecule is CN.COP(=S)(c1ccccc1)c1c(C=O)[nH]c2ccc(C)cc12. The van der Waals surface area contributed by atoms with Gasteiger partial charge in [0, 0.05) is 23.3 Å². The molecule has 0 aliphatic rings. The number of nitrogens with one attached hydrogen (secondary N) is 1. The fraction of sp³-hybridized carbons (Fsp3) is 0.167. The molecular weight excluding hydrogens is 339 g/mol. The van der Waals surface area contributed by atoms with E-state index in [4.69, 9.17) is 16.3 Å². The van der Waals surface area contributed by atoms with E-state index in [-0.39, 0.29) is 0 Å². The summed E-state index contributed by atoms with van der Waals surface area (Å²) in [5.41, 5.74) is 7.04. The molecule has 0 bridgehead atoms. The highest BCUT2D eigenvalue weighted by atomic mass is 32.4. The topological polar surface area (TPSA) is 68.1 Å². The number of nitrogens with two attached hydrogens (primary N) is 1. The number of aromatic amines is 1. The number of carbonyl (C=O) groups is 1. The molecule has 0 amide bonds. The fourth-order valence-electron chi connectivity index (χ4n) is 2.66. The minimum Gasteiger partial charge on any atom is -0.352 e. The number of hydrogen-bond donors (Lipinski definition) is 2. The first-order chi connectivity index (χ1) is 11.6. The van der Waals surface area contributed by atoms with Gasteiger partial charge in [-0.25, -0.2) is 0 Å². The summed E-state index contributed by atoms with van der Waals surface area (Å²) in [4.78, 5) is 14.7. The van der Waals surface area contributed by atoms with Gasteiger partial charge in [0.25, 0.3) is 0 Å². The van der Waals surface area contributed by atoms with E-state index in [1.165, 1.54) is 7.05 Å². The normalized spacial score (nSPS) is 13.0. The monoisotopic (exact) mass is 360 g/mol. The van der Waals surface area contributed by atoms with E-state index in [1.807, 2.05) is 49.4 Å². The highest BCUT2D eigenvalue weighted by molar-refractivity contribution is 8.19. The molecule has 1 unspecified atom stereocenters. The molecule has 1 atom stereocenters. The summed E-state index contributed by atoms with van der Waals surface area (Å²) < 4.78 is 5.81. The maximum Gasteiger partial charge on any atom is 0.167 e. The second-order valence-corrected chi connectivity index (χ2v) is 9.10. The van der Waals surface area contributed by atoms with Gasteiger partial charge in [0.1, 0.15) is 6.26 Å². The third-order valence-electron chi connectivity index (χ3n) is 3.72. The predicted molar refractivity (Wildman–Crippen MR) is 106 cm³/mol. The smallest absolute Gasteiger partial charge is 0.167 e. The average Bonchev–Trinajstić information content (AvgIpc) is 3.01. The first-order valence-electron chi connectivity index (χ1n) is 7.47. The van der Waals surface area contributed by atoms with Gasteiger partial charge in [-0.3, -0.25) is 4.79 Å². The lowest BCUT2D eigenvalue weighted by Gasteiger charge is -2.21. The van der Waals surface area contributed by atoms with Crippen LogP contribution in [0.1, 0.15) is 16.1 Å². The lowest BCUT2D eigenvalue weighted by atomic mass is 10.2. The van der Waals surface area contributed by atoms with Crippen LogP contribution >= 0.6 is 6.26 Å². The Balaban J connectivity index is 0.00000100. The molecule has 2 aromatic carbocycles. The Labute approximate surface area is 147 Å². The van der Waals surface area contributed by atoms with Crippen LogP contribution in [0.25, 0.3) is 10.9 Å². The predicted octanol–water partition coefficient (Wildman–Crippen LogP) is 2.86. The molecule has 4 nitrogen and oxygen atoms in total. The van der Waals surface area contributed by atoms with Gasteiger partial charge >= 0.3 is 0 Å². The summed E-state index contributed by atoms with van der Waals surface area (Å²) in [7, 11) is 3.12. The van der Waals surface area contributed by atoms with Crippen molar-refractivity contribution in [3.05, 3.63) is 59.8 Å². The van der Waals surface area contributed by atoms with Crippen molar-refractivity contribution in [3.8, 4) is 0 Å². The van der Waals surface area contributed by atoms with Crippen LogP contribution in [0.2, 0.25) is 0 Å². The summed E-state index contributed by atoms with van der Waals surface area (Å²) in [6, 6.07) is 15.8. The summed E-state index contributed by atoms with van der Waals surface area (Å²) in [6.07, 6.45) is -1.68. The first-order valence-corrected chi connectivity index (χ1v) is 10.2. The van der Waals surface area contributed by atoms with Crippen molar-refractivity contribution in [3.63, 3.8) is 0 Å². The number of rotatable bonds is 4. The van der Waals surface area contributed by atoms with Crippen molar-refractivity contribution in [2.45, 2.75) is 6.92 Å². The van der Waals surface area contributed by atoms with Crippen LogP contribution in [0.15, 0.2) is 48.5 Å². The molecule has 1 heterocycles. The van der Waals surface area contributed by atoms with Crippen LogP contribution in [0.3, 0.4) is 0 Å². The first kappa shape index (κ1) is 18.6. The molecule has 126 valence electrons. The summed E-state index contributed by atoms with van der Waals surface area (Å²) >= 11 is 5.92. The average molecular weight is 360 g/mol. The highest BCUT2D eigenvalue weighted by Gasteiger charge is 2.28. The van der Waals surface area contributed by atoms with E-state index in [0.29, 0.717) is 5.69 Å². The molecule has 0 fully saturated rings. The van der Waals surface area contributed by atoms with Gasteiger partial charge in [0.05, 0.1) is 11.0 Å². The zero-order chi connectivity index (χ0) is 17.7. The number of benzene rings is 2. The number of carbonyl (C=O) groups excluding carboxylic acids is 1. The van der Waals surface area contributed by atoms with Crippen LogP contribution in [-0.2, 0) is 16.3 Å². The highest BCUT2D eigenvalue weighted by Crippen LogP contribution is 2.47. The Morgan fingerprint density at radius 3 is 2.42 bits per heavy atom. The Bertz CT molecular complexity index is 891. The maximum absolute atomic E-state index is 11.6. The summed E-state index contributed by atoms with van der Waals surface area (Å²) in [5.74, 6) is 0. The van der Waals surface area contributed by atoms with E-state index >= 15 is 0 Å². The number of aryl methyl sites for hydroxylation is 1. The van der Waals surface area contributed by atoms with Gasteiger partial charge in [-0.05, 0) is 26.1 Å². The van der Waals surface area contributed by atoms with Gasteiger partial charge < -0.3 is 15.2 Å². The molecule has 0 aliphatic carbocycles. The van der Waals surface area contributed by atoms with Crippen LogP contribution in [-0.4, -0.2) is 25.4 Å². The van der Waals surface area contributed by atoms with Crippen molar-refractivity contribution < 1.29 is 9.32 Å². The molecular formula is C18H21N2O2PS. The van der Waals surface area contributed by atoms with Gasteiger partial charge in [0.2, 0.25) is 0 Å². The van der Waals surface area contributed by atoms with Gasteiger partial charge in [-0.2, -0.15) is 0 Å². The molecule has 1 aromatic heterocycles. The molecule has 3 aromatic rings. The van der Waals surface area contributed by atoms with E-state index < -0.39 is 6.26 Å². The summed E-state index contributed by atoms with van der Waals surface area (Å²) in [6.45, 7) is 2.02. The van der Waals surface area contributed by atoms with Crippen LogP contribution < -0.4 is 16.3 Å². The van der Waals surface area contributed by atoms with Crippen LogP contribution in [0, 0.1) is 6.92 Å². The standard InChI is InChI=1S/C17H16NO2PS.CH5N/c1-12-8-9-15-14(10-12)17(16(11-19)18-15)21(22,20-2)13-6-4-3-5-7-13;1-2/h3-11,18H,1-2H3;2H2,1H3. The van der Waals surface area contributed by atoms with Crippen molar-refractivity contribution in [1.29, 1.82) is 0 Å².